The van der Waals surface area contributed by atoms with E-state index in [9.17, 15) is 4.79 Å². The summed E-state index contributed by atoms with van der Waals surface area (Å²) in [6.45, 7) is 3.49. The third-order valence-corrected chi connectivity index (χ3v) is 3.00. The molecule has 1 fully saturated rings. The van der Waals surface area contributed by atoms with Crippen LogP contribution in [0, 0.1) is 6.92 Å². The molecule has 0 aliphatic carbocycles. The van der Waals surface area contributed by atoms with Crippen molar-refractivity contribution in [3.63, 3.8) is 0 Å². The maximum atomic E-state index is 11.8. The summed E-state index contributed by atoms with van der Waals surface area (Å²) < 4.78 is 0. The summed E-state index contributed by atoms with van der Waals surface area (Å²) in [7, 11) is 0. The average molecular weight is 230 g/mol. The van der Waals surface area contributed by atoms with Gasteiger partial charge in [-0.25, -0.2) is 0 Å². The highest BCUT2D eigenvalue weighted by atomic mass is 16.2. The fourth-order valence-corrected chi connectivity index (χ4v) is 2.03. The van der Waals surface area contributed by atoms with Crippen molar-refractivity contribution < 1.29 is 4.79 Å². The van der Waals surface area contributed by atoms with Gasteiger partial charge < -0.3 is 10.6 Å². The van der Waals surface area contributed by atoms with Crippen molar-refractivity contribution in [1.29, 1.82) is 0 Å². The van der Waals surface area contributed by atoms with Crippen LogP contribution in [0.25, 0.3) is 6.08 Å². The standard InChI is InChI=1S/C14H18N2O/c1-11-3-2-4-12(9-11)5-6-14(17)16-8-7-13(15)10-16/h2-6,9,13H,7-8,10,15H2,1H3/b6-5+/t13-/m1/s1. The van der Waals surface area contributed by atoms with Crippen molar-refractivity contribution in [2.24, 2.45) is 5.73 Å². The van der Waals surface area contributed by atoms with Crippen LogP contribution in [0.3, 0.4) is 0 Å². The van der Waals surface area contributed by atoms with Crippen LogP contribution >= 0.6 is 0 Å². The average Bonchev–Trinajstić information content (AvgIpc) is 2.73. The van der Waals surface area contributed by atoms with Gasteiger partial charge in [-0.15, -0.1) is 0 Å². The summed E-state index contributed by atoms with van der Waals surface area (Å²) in [4.78, 5) is 13.6. The Kier molecular flexibility index (Phi) is 3.59. The molecule has 1 atom stereocenters. The topological polar surface area (TPSA) is 46.3 Å². The molecule has 1 saturated heterocycles. The predicted molar refractivity (Wildman–Crippen MR) is 69.4 cm³/mol. The summed E-state index contributed by atoms with van der Waals surface area (Å²) in [6, 6.07) is 8.22. The molecule has 0 radical (unpaired) electrons. The van der Waals surface area contributed by atoms with Crippen LogP contribution in [0.5, 0.6) is 0 Å². The minimum atomic E-state index is 0.0551. The fraction of sp³-hybridized carbons (Fsp3) is 0.357. The van der Waals surface area contributed by atoms with Gasteiger partial charge in [0, 0.05) is 25.2 Å². The Hall–Kier alpha value is -1.61. The number of nitrogens with two attached hydrogens (primary N) is 1. The van der Waals surface area contributed by atoms with Gasteiger partial charge in [-0.2, -0.15) is 0 Å². The number of benzene rings is 1. The predicted octanol–water partition coefficient (Wildman–Crippen LogP) is 1.57. The number of carbonyl (C=O) groups is 1. The Balaban J connectivity index is 1.98. The van der Waals surface area contributed by atoms with Crippen LogP contribution < -0.4 is 5.73 Å². The molecule has 2 rings (SSSR count). The maximum Gasteiger partial charge on any atom is 0.246 e. The second-order valence-electron chi connectivity index (χ2n) is 4.58. The van der Waals surface area contributed by atoms with Crippen molar-refractivity contribution in [2.45, 2.75) is 19.4 Å². The van der Waals surface area contributed by atoms with Gasteiger partial charge in [0.1, 0.15) is 0 Å². The number of aryl methyl sites for hydroxylation is 1. The number of amides is 1. The van der Waals surface area contributed by atoms with E-state index >= 15 is 0 Å². The molecule has 3 nitrogen and oxygen atoms in total. The Morgan fingerprint density at radius 2 is 2.35 bits per heavy atom. The van der Waals surface area contributed by atoms with Crippen molar-refractivity contribution in [3.05, 3.63) is 41.5 Å². The lowest BCUT2D eigenvalue weighted by Gasteiger charge is -2.12. The molecule has 0 aromatic heterocycles. The summed E-state index contributed by atoms with van der Waals surface area (Å²) in [5.41, 5.74) is 8.03. The number of nitrogens with zero attached hydrogens (tertiary/aromatic N) is 1. The lowest BCUT2D eigenvalue weighted by atomic mass is 10.1. The monoisotopic (exact) mass is 230 g/mol. The van der Waals surface area contributed by atoms with Gasteiger partial charge in [-0.3, -0.25) is 4.79 Å². The molecule has 0 saturated carbocycles. The van der Waals surface area contributed by atoms with E-state index in [0.717, 1.165) is 18.5 Å². The van der Waals surface area contributed by atoms with E-state index in [0.29, 0.717) is 6.54 Å². The van der Waals surface area contributed by atoms with Gasteiger partial charge >= 0.3 is 0 Å². The first kappa shape index (κ1) is 11.9. The van der Waals surface area contributed by atoms with Crippen molar-refractivity contribution in [1.82, 2.24) is 4.90 Å². The molecule has 1 heterocycles. The zero-order valence-corrected chi connectivity index (χ0v) is 10.1. The SMILES string of the molecule is Cc1cccc(/C=C/C(=O)N2CC[C@@H](N)C2)c1. The second-order valence-corrected chi connectivity index (χ2v) is 4.58. The van der Waals surface area contributed by atoms with E-state index in [2.05, 4.69) is 6.07 Å². The van der Waals surface area contributed by atoms with Gasteiger partial charge in [0.25, 0.3) is 0 Å². The Labute approximate surface area is 102 Å². The first-order chi connectivity index (χ1) is 8.15. The van der Waals surface area contributed by atoms with E-state index in [1.54, 1.807) is 11.0 Å². The highest BCUT2D eigenvalue weighted by Gasteiger charge is 2.21. The smallest absolute Gasteiger partial charge is 0.246 e. The van der Waals surface area contributed by atoms with Gasteiger partial charge in [0.2, 0.25) is 5.91 Å². The molecule has 17 heavy (non-hydrogen) atoms. The first-order valence-corrected chi connectivity index (χ1v) is 5.94. The Morgan fingerprint density at radius 1 is 1.53 bits per heavy atom. The third-order valence-electron chi connectivity index (χ3n) is 3.00. The minimum Gasteiger partial charge on any atom is -0.338 e. The zero-order valence-electron chi connectivity index (χ0n) is 10.1. The van der Waals surface area contributed by atoms with Crippen LogP contribution in [-0.2, 0) is 4.79 Å². The third kappa shape index (κ3) is 3.17. The summed E-state index contributed by atoms with van der Waals surface area (Å²) in [5.74, 6) is 0.0551. The lowest BCUT2D eigenvalue weighted by molar-refractivity contribution is -0.124. The summed E-state index contributed by atoms with van der Waals surface area (Å²) >= 11 is 0. The molecule has 1 amide bonds. The zero-order chi connectivity index (χ0) is 12.3. The maximum absolute atomic E-state index is 11.8. The van der Waals surface area contributed by atoms with Gasteiger partial charge in [-0.1, -0.05) is 29.8 Å². The van der Waals surface area contributed by atoms with Crippen LogP contribution in [0.1, 0.15) is 17.5 Å². The first-order valence-electron chi connectivity index (χ1n) is 5.94. The van der Waals surface area contributed by atoms with Gasteiger partial charge in [-0.05, 0) is 25.0 Å². The number of hydrogen-bond acceptors (Lipinski definition) is 2. The fourth-order valence-electron chi connectivity index (χ4n) is 2.03. The number of likely N-dealkylation sites (tertiary alicyclic amines) is 1. The van der Waals surface area contributed by atoms with Crippen LogP contribution in [0.15, 0.2) is 30.3 Å². The molecule has 1 aromatic carbocycles. The molecule has 0 unspecified atom stereocenters. The number of rotatable bonds is 2. The van der Waals surface area contributed by atoms with Crippen LogP contribution in [0.2, 0.25) is 0 Å². The molecule has 1 aliphatic rings. The molecule has 1 aliphatic heterocycles. The van der Waals surface area contributed by atoms with E-state index in [-0.39, 0.29) is 11.9 Å². The van der Waals surface area contributed by atoms with Gasteiger partial charge in [0.15, 0.2) is 0 Å². The van der Waals surface area contributed by atoms with E-state index < -0.39 is 0 Å². The summed E-state index contributed by atoms with van der Waals surface area (Å²) in [5, 5.41) is 0. The highest BCUT2D eigenvalue weighted by molar-refractivity contribution is 5.92. The molecule has 2 N–H and O–H groups in total. The van der Waals surface area contributed by atoms with Crippen molar-refractivity contribution in [2.75, 3.05) is 13.1 Å². The number of hydrogen-bond donors (Lipinski definition) is 1. The molecular formula is C14H18N2O. The quantitative estimate of drug-likeness (QED) is 0.784. The second kappa shape index (κ2) is 5.15. The molecule has 3 heteroatoms. The highest BCUT2D eigenvalue weighted by Crippen LogP contribution is 2.09. The molecule has 0 bridgehead atoms. The molecule has 1 aromatic rings. The van der Waals surface area contributed by atoms with Crippen molar-refractivity contribution >= 4 is 12.0 Å². The summed E-state index contributed by atoms with van der Waals surface area (Å²) in [6.07, 6.45) is 4.40. The van der Waals surface area contributed by atoms with Crippen LogP contribution in [-0.4, -0.2) is 29.9 Å². The number of carbonyl (C=O) groups excluding carboxylic acids is 1. The molecule has 0 spiro atoms. The Morgan fingerprint density at radius 3 is 3.00 bits per heavy atom. The Bertz CT molecular complexity index is 440. The lowest BCUT2D eigenvalue weighted by Crippen LogP contribution is -2.30. The van der Waals surface area contributed by atoms with Crippen molar-refractivity contribution in [3.8, 4) is 0 Å². The normalized spacial score (nSPS) is 20.1. The minimum absolute atomic E-state index is 0.0551. The molecular weight excluding hydrogens is 212 g/mol. The largest absolute Gasteiger partial charge is 0.338 e. The van der Waals surface area contributed by atoms with E-state index in [1.807, 2.05) is 31.2 Å². The van der Waals surface area contributed by atoms with E-state index in [1.165, 1.54) is 5.56 Å². The molecule has 90 valence electrons. The van der Waals surface area contributed by atoms with E-state index in [4.69, 9.17) is 5.73 Å². The van der Waals surface area contributed by atoms with Gasteiger partial charge in [0.05, 0.1) is 0 Å². The van der Waals surface area contributed by atoms with Crippen LogP contribution in [0.4, 0.5) is 0 Å².